The third-order valence-electron chi connectivity index (χ3n) is 3.62. The molecule has 0 aliphatic carbocycles. The molecule has 0 spiro atoms. The summed E-state index contributed by atoms with van der Waals surface area (Å²) in [6.07, 6.45) is 1.81. The van der Waals surface area contributed by atoms with Crippen molar-refractivity contribution in [3.63, 3.8) is 0 Å². The Balaban J connectivity index is 1.78. The normalized spacial score (nSPS) is 16.9. The standard InChI is InChI=1S/C15H15N3O4/c19-14(20)12-7-6-11-8-16-17-13(11)18(12)15(21)22-9-10-4-2-1-3-5-10/h1-5,8,12H,6-7,9H2,(H,16,17)(H,19,20). The number of fused-ring (bicyclic) bond motifs is 1. The minimum absolute atomic E-state index is 0.0893. The fraction of sp³-hybridized carbons (Fsp3) is 0.267. The molecular weight excluding hydrogens is 286 g/mol. The number of benzene rings is 1. The second kappa shape index (κ2) is 5.88. The van der Waals surface area contributed by atoms with Gasteiger partial charge in [-0.25, -0.2) is 14.5 Å². The van der Waals surface area contributed by atoms with E-state index in [1.807, 2.05) is 30.3 Å². The van der Waals surface area contributed by atoms with Crippen molar-refractivity contribution in [3.8, 4) is 0 Å². The number of nitrogens with zero attached hydrogens (tertiary/aromatic N) is 2. The number of hydrogen-bond donors (Lipinski definition) is 2. The predicted molar refractivity (Wildman–Crippen MR) is 77.4 cm³/mol. The maximum atomic E-state index is 12.3. The molecule has 1 unspecified atom stereocenters. The Hall–Kier alpha value is -2.83. The van der Waals surface area contributed by atoms with Crippen molar-refractivity contribution in [1.82, 2.24) is 10.2 Å². The molecule has 2 aromatic rings. The average Bonchev–Trinajstić information content (AvgIpc) is 3.01. The van der Waals surface area contributed by atoms with Crippen LogP contribution < -0.4 is 4.90 Å². The van der Waals surface area contributed by atoms with Gasteiger partial charge >= 0.3 is 12.1 Å². The summed E-state index contributed by atoms with van der Waals surface area (Å²) in [4.78, 5) is 24.9. The number of carboxylic acid groups (broad SMARTS) is 1. The lowest BCUT2D eigenvalue weighted by Crippen LogP contribution is -2.48. The average molecular weight is 301 g/mol. The summed E-state index contributed by atoms with van der Waals surface area (Å²) in [6, 6.07) is 8.28. The lowest BCUT2D eigenvalue weighted by Gasteiger charge is -2.31. The van der Waals surface area contributed by atoms with Crippen LogP contribution in [0.15, 0.2) is 36.5 Å². The van der Waals surface area contributed by atoms with Crippen LogP contribution >= 0.6 is 0 Å². The van der Waals surface area contributed by atoms with E-state index in [-0.39, 0.29) is 6.61 Å². The minimum Gasteiger partial charge on any atom is -0.480 e. The number of aliphatic carboxylic acids is 1. The molecule has 22 heavy (non-hydrogen) atoms. The first-order valence-electron chi connectivity index (χ1n) is 6.92. The molecule has 1 atom stereocenters. The lowest BCUT2D eigenvalue weighted by atomic mass is 10.0. The molecule has 2 heterocycles. The van der Waals surface area contributed by atoms with Gasteiger partial charge in [-0.3, -0.25) is 5.10 Å². The second-order valence-electron chi connectivity index (χ2n) is 5.05. The molecule has 0 fully saturated rings. The molecule has 1 aromatic heterocycles. The molecule has 3 rings (SSSR count). The Morgan fingerprint density at radius 2 is 2.14 bits per heavy atom. The van der Waals surface area contributed by atoms with E-state index >= 15 is 0 Å². The molecule has 114 valence electrons. The first-order valence-corrected chi connectivity index (χ1v) is 6.92. The van der Waals surface area contributed by atoms with Gasteiger partial charge in [0.15, 0.2) is 0 Å². The van der Waals surface area contributed by atoms with Crippen LogP contribution in [0.2, 0.25) is 0 Å². The van der Waals surface area contributed by atoms with Crippen molar-refractivity contribution < 1.29 is 19.4 Å². The van der Waals surface area contributed by atoms with E-state index in [1.165, 1.54) is 0 Å². The molecule has 1 aliphatic heterocycles. The minimum atomic E-state index is -1.06. The molecule has 0 saturated carbocycles. The van der Waals surface area contributed by atoms with Crippen molar-refractivity contribution in [2.45, 2.75) is 25.5 Å². The number of carboxylic acids is 1. The fourth-order valence-electron chi connectivity index (χ4n) is 2.51. The number of anilines is 1. The molecule has 1 amide bonds. The Morgan fingerprint density at radius 3 is 2.86 bits per heavy atom. The van der Waals surface area contributed by atoms with Crippen LogP contribution in [0, 0.1) is 0 Å². The summed E-state index contributed by atoms with van der Waals surface area (Å²) in [5, 5.41) is 15.9. The summed E-state index contributed by atoms with van der Waals surface area (Å²) in [6.45, 7) is 0.0893. The number of rotatable bonds is 3. The number of amides is 1. The summed E-state index contributed by atoms with van der Waals surface area (Å²) >= 11 is 0. The molecule has 1 aromatic carbocycles. The highest BCUT2D eigenvalue weighted by Crippen LogP contribution is 2.29. The van der Waals surface area contributed by atoms with Crippen LogP contribution in [0.1, 0.15) is 17.5 Å². The molecule has 0 saturated heterocycles. The monoisotopic (exact) mass is 301 g/mol. The van der Waals surface area contributed by atoms with E-state index < -0.39 is 18.1 Å². The van der Waals surface area contributed by atoms with E-state index in [1.54, 1.807) is 6.20 Å². The highest BCUT2D eigenvalue weighted by molar-refractivity contribution is 5.95. The first-order chi connectivity index (χ1) is 10.7. The fourth-order valence-corrected chi connectivity index (χ4v) is 2.51. The Bertz CT molecular complexity index is 683. The van der Waals surface area contributed by atoms with Crippen molar-refractivity contribution in [1.29, 1.82) is 0 Å². The lowest BCUT2D eigenvalue weighted by molar-refractivity contribution is -0.138. The quantitative estimate of drug-likeness (QED) is 0.903. The number of ether oxygens (including phenoxy) is 1. The maximum Gasteiger partial charge on any atom is 0.416 e. The van der Waals surface area contributed by atoms with Gasteiger partial charge in [0, 0.05) is 5.56 Å². The molecule has 0 radical (unpaired) electrons. The molecule has 7 nitrogen and oxygen atoms in total. The van der Waals surface area contributed by atoms with Crippen molar-refractivity contribution >= 4 is 17.9 Å². The number of aryl methyl sites for hydroxylation is 1. The number of H-pyrrole nitrogens is 1. The maximum absolute atomic E-state index is 12.3. The summed E-state index contributed by atoms with van der Waals surface area (Å²) < 4.78 is 5.25. The van der Waals surface area contributed by atoms with Crippen LogP contribution in [0.4, 0.5) is 10.6 Å². The van der Waals surface area contributed by atoms with Crippen LogP contribution in [0.5, 0.6) is 0 Å². The number of aromatic amines is 1. The molecular formula is C15H15N3O4. The number of nitrogens with one attached hydrogen (secondary N) is 1. The second-order valence-corrected chi connectivity index (χ2v) is 5.05. The number of hydrogen-bond acceptors (Lipinski definition) is 4. The van der Waals surface area contributed by atoms with Gasteiger partial charge in [0.2, 0.25) is 0 Å². The van der Waals surface area contributed by atoms with E-state index in [0.717, 1.165) is 16.0 Å². The molecule has 7 heteroatoms. The first kappa shape index (κ1) is 14.1. The topological polar surface area (TPSA) is 95.5 Å². The largest absolute Gasteiger partial charge is 0.480 e. The predicted octanol–water partition coefficient (Wildman–Crippen LogP) is 1.95. The SMILES string of the molecule is O=C(O)C1CCc2cn[nH]c2N1C(=O)OCc1ccccc1. The van der Waals surface area contributed by atoms with Gasteiger partial charge in [-0.05, 0) is 18.4 Å². The van der Waals surface area contributed by atoms with Crippen LogP contribution in [0.25, 0.3) is 0 Å². The molecule has 0 bridgehead atoms. The van der Waals surface area contributed by atoms with Crippen LogP contribution in [-0.2, 0) is 22.6 Å². The van der Waals surface area contributed by atoms with E-state index in [0.29, 0.717) is 18.7 Å². The van der Waals surface area contributed by atoms with Gasteiger partial charge in [-0.1, -0.05) is 30.3 Å². The highest BCUT2D eigenvalue weighted by atomic mass is 16.6. The van der Waals surface area contributed by atoms with Gasteiger partial charge < -0.3 is 9.84 Å². The third kappa shape index (κ3) is 2.65. The summed E-state index contributed by atoms with van der Waals surface area (Å²) in [5.41, 5.74) is 1.65. The van der Waals surface area contributed by atoms with E-state index in [9.17, 15) is 14.7 Å². The van der Waals surface area contributed by atoms with E-state index in [4.69, 9.17) is 4.74 Å². The van der Waals surface area contributed by atoms with Gasteiger partial charge in [0.1, 0.15) is 18.5 Å². The number of aromatic nitrogens is 2. The molecule has 2 N–H and O–H groups in total. The smallest absolute Gasteiger partial charge is 0.416 e. The zero-order valence-electron chi connectivity index (χ0n) is 11.7. The Labute approximate surface area is 126 Å². The van der Waals surface area contributed by atoms with Gasteiger partial charge in [-0.15, -0.1) is 0 Å². The Kier molecular flexibility index (Phi) is 3.78. The van der Waals surface area contributed by atoms with Crippen LogP contribution in [-0.4, -0.2) is 33.4 Å². The number of carbonyl (C=O) groups is 2. The zero-order valence-corrected chi connectivity index (χ0v) is 11.7. The van der Waals surface area contributed by atoms with Gasteiger partial charge in [-0.2, -0.15) is 5.10 Å². The van der Waals surface area contributed by atoms with Gasteiger partial charge in [0.25, 0.3) is 0 Å². The van der Waals surface area contributed by atoms with Crippen molar-refractivity contribution in [2.24, 2.45) is 0 Å². The van der Waals surface area contributed by atoms with Crippen molar-refractivity contribution in [2.75, 3.05) is 4.90 Å². The Morgan fingerprint density at radius 1 is 1.36 bits per heavy atom. The highest BCUT2D eigenvalue weighted by Gasteiger charge is 2.38. The number of carbonyl (C=O) groups excluding carboxylic acids is 1. The van der Waals surface area contributed by atoms with Crippen LogP contribution in [0.3, 0.4) is 0 Å². The third-order valence-corrected chi connectivity index (χ3v) is 3.62. The summed E-state index contributed by atoms with van der Waals surface area (Å²) in [5.74, 6) is -0.659. The van der Waals surface area contributed by atoms with Crippen molar-refractivity contribution in [3.05, 3.63) is 47.7 Å². The zero-order chi connectivity index (χ0) is 15.5. The molecule has 1 aliphatic rings. The van der Waals surface area contributed by atoms with Gasteiger partial charge in [0.05, 0.1) is 6.20 Å². The summed E-state index contributed by atoms with van der Waals surface area (Å²) in [7, 11) is 0. The van der Waals surface area contributed by atoms with E-state index in [2.05, 4.69) is 10.2 Å².